The molecule has 0 amide bonds. The number of carbonyl (C=O) groups is 1. The number of aryl methyl sites for hydroxylation is 1. The van der Waals surface area contributed by atoms with Gasteiger partial charge >= 0.3 is 5.97 Å². The van der Waals surface area contributed by atoms with Gasteiger partial charge in [-0.15, -0.1) is 0 Å². The largest absolute Gasteiger partial charge is 0.481 e. The first-order chi connectivity index (χ1) is 11.1. The molecule has 0 spiro atoms. The number of aromatic nitrogens is 3. The van der Waals surface area contributed by atoms with Crippen LogP contribution in [0.1, 0.15) is 19.8 Å². The molecule has 0 aliphatic heterocycles. The summed E-state index contributed by atoms with van der Waals surface area (Å²) in [5, 5.41) is 8.62. The van der Waals surface area contributed by atoms with Gasteiger partial charge in [-0.3, -0.25) is 14.0 Å². The van der Waals surface area contributed by atoms with E-state index in [9.17, 15) is 9.59 Å². The fraction of sp³-hybridized carbons (Fsp3) is 0.312. The maximum Gasteiger partial charge on any atom is 0.303 e. The molecule has 3 aromatic heterocycles. The first-order valence-corrected chi connectivity index (χ1v) is 7.47. The summed E-state index contributed by atoms with van der Waals surface area (Å²) in [5.74, 6) is -0.430. The van der Waals surface area contributed by atoms with E-state index in [2.05, 4.69) is 4.98 Å². The lowest BCUT2D eigenvalue weighted by Crippen LogP contribution is -2.22. The van der Waals surface area contributed by atoms with Crippen molar-refractivity contribution in [2.75, 3.05) is 6.61 Å². The highest BCUT2D eigenvalue weighted by Gasteiger charge is 2.11. The van der Waals surface area contributed by atoms with E-state index in [1.807, 2.05) is 6.92 Å². The molecule has 7 heteroatoms. The van der Waals surface area contributed by atoms with Crippen LogP contribution in [0.2, 0.25) is 0 Å². The SMILES string of the molecule is CCn1c(=O)c2cccn2c2nc(OCCCC(=O)O)ccc21. The number of aliphatic carboxylic acids is 1. The molecule has 3 heterocycles. The van der Waals surface area contributed by atoms with Gasteiger partial charge in [0, 0.05) is 25.2 Å². The molecule has 3 rings (SSSR count). The summed E-state index contributed by atoms with van der Waals surface area (Å²) in [4.78, 5) is 27.4. The second kappa shape index (κ2) is 6.12. The lowest BCUT2D eigenvalue weighted by Gasteiger charge is -2.11. The molecule has 0 unspecified atom stereocenters. The van der Waals surface area contributed by atoms with Crippen LogP contribution in [0.3, 0.4) is 0 Å². The third kappa shape index (κ3) is 2.77. The smallest absolute Gasteiger partial charge is 0.303 e. The van der Waals surface area contributed by atoms with E-state index in [4.69, 9.17) is 9.84 Å². The van der Waals surface area contributed by atoms with Crippen molar-refractivity contribution in [1.29, 1.82) is 0 Å². The number of rotatable bonds is 6. The topological polar surface area (TPSA) is 85.8 Å². The molecule has 0 radical (unpaired) electrons. The molecule has 0 saturated heterocycles. The van der Waals surface area contributed by atoms with Gasteiger partial charge < -0.3 is 14.4 Å². The Kier molecular flexibility index (Phi) is 4.01. The van der Waals surface area contributed by atoms with Gasteiger partial charge in [0.25, 0.3) is 5.56 Å². The van der Waals surface area contributed by atoms with Crippen molar-refractivity contribution in [2.45, 2.75) is 26.3 Å². The van der Waals surface area contributed by atoms with Crippen LogP contribution in [0.4, 0.5) is 0 Å². The highest BCUT2D eigenvalue weighted by atomic mass is 16.5. The standard InChI is InChI=1S/C16H17N3O4/c1-2-18-11-7-8-13(23-10-4-6-14(20)21)17-15(11)19-9-3-5-12(19)16(18)22/h3,5,7-9H,2,4,6,10H2,1H3,(H,20,21). The zero-order chi connectivity index (χ0) is 16.4. The molecule has 0 fully saturated rings. The van der Waals surface area contributed by atoms with E-state index in [1.165, 1.54) is 0 Å². The maximum atomic E-state index is 12.4. The first-order valence-electron chi connectivity index (χ1n) is 7.47. The van der Waals surface area contributed by atoms with Crippen molar-refractivity contribution in [3.63, 3.8) is 0 Å². The van der Waals surface area contributed by atoms with Gasteiger partial charge in [0.15, 0.2) is 5.65 Å². The van der Waals surface area contributed by atoms with Crippen LogP contribution in [0.5, 0.6) is 5.88 Å². The zero-order valence-corrected chi connectivity index (χ0v) is 12.7. The number of hydrogen-bond acceptors (Lipinski definition) is 4. The van der Waals surface area contributed by atoms with Gasteiger partial charge in [0.1, 0.15) is 5.52 Å². The summed E-state index contributed by atoms with van der Waals surface area (Å²) >= 11 is 0. The lowest BCUT2D eigenvalue weighted by molar-refractivity contribution is -0.137. The van der Waals surface area contributed by atoms with Crippen molar-refractivity contribution in [3.8, 4) is 5.88 Å². The highest BCUT2D eigenvalue weighted by molar-refractivity contribution is 5.75. The Bertz CT molecular complexity index is 926. The molecule has 0 saturated carbocycles. The number of fused-ring (bicyclic) bond motifs is 3. The minimum absolute atomic E-state index is 0.0538. The van der Waals surface area contributed by atoms with Crippen molar-refractivity contribution in [2.24, 2.45) is 0 Å². The normalized spacial score (nSPS) is 11.2. The van der Waals surface area contributed by atoms with Crippen molar-refractivity contribution in [1.82, 2.24) is 14.0 Å². The summed E-state index contributed by atoms with van der Waals surface area (Å²) in [6, 6.07) is 7.07. The quantitative estimate of drug-likeness (QED) is 0.702. The first kappa shape index (κ1) is 15.1. The lowest BCUT2D eigenvalue weighted by atomic mass is 10.3. The Balaban J connectivity index is 2.00. The predicted octanol–water partition coefficient (Wildman–Crippen LogP) is 1.91. The van der Waals surface area contributed by atoms with E-state index < -0.39 is 5.97 Å². The van der Waals surface area contributed by atoms with E-state index in [0.29, 0.717) is 30.0 Å². The highest BCUT2D eigenvalue weighted by Crippen LogP contribution is 2.17. The van der Waals surface area contributed by atoms with Crippen LogP contribution in [0.15, 0.2) is 35.3 Å². The second-order valence-corrected chi connectivity index (χ2v) is 5.15. The fourth-order valence-electron chi connectivity index (χ4n) is 2.59. The van der Waals surface area contributed by atoms with E-state index in [1.54, 1.807) is 39.4 Å². The molecular weight excluding hydrogens is 298 g/mol. The fourth-order valence-corrected chi connectivity index (χ4v) is 2.59. The summed E-state index contributed by atoms with van der Waals surface area (Å²) in [5.41, 5.74) is 1.89. The number of carboxylic acid groups (broad SMARTS) is 1. The Morgan fingerprint density at radius 2 is 2.13 bits per heavy atom. The molecular formula is C16H17N3O4. The van der Waals surface area contributed by atoms with E-state index in [-0.39, 0.29) is 18.6 Å². The van der Waals surface area contributed by atoms with Crippen molar-refractivity contribution in [3.05, 3.63) is 40.8 Å². The number of ether oxygens (including phenoxy) is 1. The number of pyridine rings is 1. The Morgan fingerprint density at radius 3 is 2.87 bits per heavy atom. The van der Waals surface area contributed by atoms with Crippen LogP contribution in [-0.2, 0) is 11.3 Å². The molecule has 3 aromatic rings. The maximum absolute atomic E-state index is 12.4. The van der Waals surface area contributed by atoms with Crippen molar-refractivity contribution < 1.29 is 14.6 Å². The molecule has 0 aromatic carbocycles. The molecule has 1 N–H and O–H groups in total. The number of hydrogen-bond donors (Lipinski definition) is 1. The van der Waals surface area contributed by atoms with Gasteiger partial charge in [-0.05, 0) is 31.5 Å². The Labute approximate surface area is 131 Å². The van der Waals surface area contributed by atoms with Crippen molar-refractivity contribution >= 4 is 22.6 Å². The third-order valence-electron chi connectivity index (χ3n) is 3.66. The summed E-state index contributed by atoms with van der Waals surface area (Å²) in [7, 11) is 0. The molecule has 0 aliphatic rings. The average molecular weight is 315 g/mol. The Hall–Kier alpha value is -2.83. The monoisotopic (exact) mass is 315 g/mol. The van der Waals surface area contributed by atoms with Gasteiger partial charge in [-0.2, -0.15) is 4.98 Å². The van der Waals surface area contributed by atoms with Crippen LogP contribution in [0.25, 0.3) is 16.7 Å². The third-order valence-corrected chi connectivity index (χ3v) is 3.66. The van der Waals surface area contributed by atoms with Gasteiger partial charge in [-0.1, -0.05) is 0 Å². The summed E-state index contributed by atoms with van der Waals surface area (Å²) < 4.78 is 8.94. The van der Waals surface area contributed by atoms with Crippen LogP contribution >= 0.6 is 0 Å². The Morgan fingerprint density at radius 1 is 1.30 bits per heavy atom. The summed E-state index contributed by atoms with van der Waals surface area (Å²) in [6.07, 6.45) is 2.27. The molecule has 120 valence electrons. The molecule has 7 nitrogen and oxygen atoms in total. The van der Waals surface area contributed by atoms with Crippen LogP contribution in [-0.4, -0.2) is 31.6 Å². The number of carboxylic acids is 1. The molecule has 23 heavy (non-hydrogen) atoms. The van der Waals surface area contributed by atoms with Crippen LogP contribution < -0.4 is 10.3 Å². The minimum atomic E-state index is -0.846. The van der Waals surface area contributed by atoms with Gasteiger partial charge in [0.2, 0.25) is 5.88 Å². The van der Waals surface area contributed by atoms with Crippen LogP contribution in [0, 0.1) is 0 Å². The zero-order valence-electron chi connectivity index (χ0n) is 12.7. The van der Waals surface area contributed by atoms with E-state index in [0.717, 1.165) is 5.52 Å². The summed E-state index contributed by atoms with van der Waals surface area (Å²) in [6.45, 7) is 2.75. The number of nitrogens with zero attached hydrogens (tertiary/aromatic N) is 3. The average Bonchev–Trinajstić information content (AvgIpc) is 3.02. The second-order valence-electron chi connectivity index (χ2n) is 5.15. The van der Waals surface area contributed by atoms with Gasteiger partial charge in [0.05, 0.1) is 12.1 Å². The predicted molar refractivity (Wildman–Crippen MR) is 85.0 cm³/mol. The molecule has 0 bridgehead atoms. The minimum Gasteiger partial charge on any atom is -0.481 e. The molecule has 0 atom stereocenters. The molecule has 0 aliphatic carbocycles. The van der Waals surface area contributed by atoms with E-state index >= 15 is 0 Å². The van der Waals surface area contributed by atoms with Gasteiger partial charge in [-0.25, -0.2) is 0 Å².